The van der Waals surface area contributed by atoms with Crippen molar-refractivity contribution < 1.29 is 5.11 Å². The van der Waals surface area contributed by atoms with Crippen LogP contribution in [0.5, 0.6) is 0 Å². The van der Waals surface area contributed by atoms with Gasteiger partial charge in [-0.05, 0) is 31.0 Å². The summed E-state index contributed by atoms with van der Waals surface area (Å²) in [5.41, 5.74) is 1.10. The van der Waals surface area contributed by atoms with Crippen LogP contribution in [-0.2, 0) is 0 Å². The van der Waals surface area contributed by atoms with E-state index < -0.39 is 0 Å². The minimum atomic E-state index is 0.225. The third kappa shape index (κ3) is 3.37. The molecule has 0 saturated carbocycles. The van der Waals surface area contributed by atoms with Crippen molar-refractivity contribution in [3.8, 4) is 0 Å². The minimum absolute atomic E-state index is 0.225. The lowest BCUT2D eigenvalue weighted by molar-refractivity contribution is 0.266. The number of para-hydroxylation sites is 1. The molecule has 1 heterocycles. The second kappa shape index (κ2) is 6.41. The average Bonchev–Trinajstić information content (AvgIpc) is 2.53. The van der Waals surface area contributed by atoms with Gasteiger partial charge in [0.25, 0.3) is 0 Å². The van der Waals surface area contributed by atoms with E-state index in [1.54, 1.807) is 0 Å². The number of halogens is 1. The third-order valence-electron chi connectivity index (χ3n) is 3.40. The summed E-state index contributed by atoms with van der Waals surface area (Å²) in [4.78, 5) is 2.33. The van der Waals surface area contributed by atoms with Crippen LogP contribution in [0.2, 0.25) is 5.02 Å². The van der Waals surface area contributed by atoms with Crippen molar-refractivity contribution in [1.82, 2.24) is 5.32 Å². The molecule has 1 aromatic rings. The van der Waals surface area contributed by atoms with Gasteiger partial charge >= 0.3 is 0 Å². The molecule has 2 N–H and O–H groups in total. The van der Waals surface area contributed by atoms with Crippen LogP contribution in [0.1, 0.15) is 13.3 Å². The van der Waals surface area contributed by atoms with Gasteiger partial charge in [-0.3, -0.25) is 0 Å². The van der Waals surface area contributed by atoms with Gasteiger partial charge in [0.2, 0.25) is 0 Å². The second-order valence-electron chi connectivity index (χ2n) is 5.08. The molecule has 1 fully saturated rings. The molecule has 0 radical (unpaired) electrons. The van der Waals surface area contributed by atoms with Crippen molar-refractivity contribution >= 4 is 17.3 Å². The van der Waals surface area contributed by atoms with E-state index in [1.807, 2.05) is 18.2 Å². The van der Waals surface area contributed by atoms with Gasteiger partial charge in [0.05, 0.1) is 10.7 Å². The number of anilines is 1. The maximum Gasteiger partial charge on any atom is 0.0639 e. The number of benzene rings is 1. The van der Waals surface area contributed by atoms with Crippen LogP contribution in [0, 0.1) is 5.92 Å². The number of nitrogens with one attached hydrogen (secondary N) is 1. The molecule has 0 bridgehead atoms. The number of aliphatic hydroxyl groups is 1. The Hall–Kier alpha value is -0.770. The number of rotatable bonds is 3. The smallest absolute Gasteiger partial charge is 0.0639 e. The van der Waals surface area contributed by atoms with Crippen molar-refractivity contribution in [3.05, 3.63) is 29.3 Å². The Morgan fingerprint density at radius 3 is 2.89 bits per heavy atom. The molecule has 3 nitrogen and oxygen atoms in total. The van der Waals surface area contributed by atoms with Crippen molar-refractivity contribution in [3.63, 3.8) is 0 Å². The van der Waals surface area contributed by atoms with E-state index >= 15 is 0 Å². The zero-order valence-corrected chi connectivity index (χ0v) is 11.5. The van der Waals surface area contributed by atoms with Crippen LogP contribution in [0.4, 0.5) is 5.69 Å². The lowest BCUT2D eigenvalue weighted by Crippen LogP contribution is -2.38. The summed E-state index contributed by atoms with van der Waals surface area (Å²) in [6, 6.07) is 8.30. The van der Waals surface area contributed by atoms with Crippen LogP contribution in [0.15, 0.2) is 24.3 Å². The molecular formula is C14H21ClN2O. The first kappa shape index (κ1) is 13.7. The highest BCUT2D eigenvalue weighted by Gasteiger charge is 2.22. The Labute approximate surface area is 114 Å². The lowest BCUT2D eigenvalue weighted by Gasteiger charge is -2.28. The molecule has 100 valence electrons. The maximum atomic E-state index is 9.10. The molecule has 1 aliphatic heterocycles. The highest BCUT2D eigenvalue weighted by Crippen LogP contribution is 2.27. The Morgan fingerprint density at radius 1 is 1.39 bits per heavy atom. The van der Waals surface area contributed by atoms with Gasteiger partial charge in [-0.15, -0.1) is 0 Å². The zero-order valence-electron chi connectivity index (χ0n) is 10.8. The molecular weight excluding hydrogens is 248 g/mol. The van der Waals surface area contributed by atoms with E-state index in [2.05, 4.69) is 23.2 Å². The summed E-state index contributed by atoms with van der Waals surface area (Å²) in [5, 5.41) is 13.4. The number of nitrogens with zero attached hydrogens (tertiary/aromatic N) is 1. The monoisotopic (exact) mass is 268 g/mol. The molecule has 2 rings (SSSR count). The third-order valence-corrected chi connectivity index (χ3v) is 3.72. The summed E-state index contributed by atoms with van der Waals surface area (Å²) in [5.74, 6) is 0.574. The normalized spacial score (nSPS) is 24.9. The van der Waals surface area contributed by atoms with Gasteiger partial charge < -0.3 is 15.3 Å². The van der Waals surface area contributed by atoms with Crippen LogP contribution in [0.25, 0.3) is 0 Å². The van der Waals surface area contributed by atoms with Crippen molar-refractivity contribution in [2.45, 2.75) is 19.4 Å². The van der Waals surface area contributed by atoms with Crippen molar-refractivity contribution in [1.29, 1.82) is 0 Å². The van der Waals surface area contributed by atoms with Crippen LogP contribution >= 0.6 is 11.6 Å². The zero-order chi connectivity index (χ0) is 13.0. The largest absolute Gasteiger partial charge is 0.396 e. The van der Waals surface area contributed by atoms with Crippen molar-refractivity contribution in [2.24, 2.45) is 5.92 Å². The highest BCUT2D eigenvalue weighted by atomic mass is 35.5. The molecule has 1 aromatic carbocycles. The highest BCUT2D eigenvalue weighted by molar-refractivity contribution is 6.33. The minimum Gasteiger partial charge on any atom is -0.396 e. The van der Waals surface area contributed by atoms with Gasteiger partial charge in [0, 0.05) is 25.7 Å². The van der Waals surface area contributed by atoms with Crippen LogP contribution in [0.3, 0.4) is 0 Å². The standard InChI is InChI=1S/C14H21ClN2O/c1-11-8-16-12(6-7-18)10-17(9-11)14-5-3-2-4-13(14)15/h2-5,11-12,16,18H,6-10H2,1H3. The van der Waals surface area contributed by atoms with E-state index in [1.165, 1.54) is 0 Å². The molecule has 2 atom stereocenters. The quantitative estimate of drug-likeness (QED) is 0.882. The van der Waals surface area contributed by atoms with E-state index in [9.17, 15) is 0 Å². The van der Waals surface area contributed by atoms with Gasteiger partial charge in [0.1, 0.15) is 0 Å². The summed E-state index contributed by atoms with van der Waals surface area (Å²) < 4.78 is 0. The fourth-order valence-corrected chi connectivity index (χ4v) is 2.72. The van der Waals surface area contributed by atoms with Crippen LogP contribution in [-0.4, -0.2) is 37.4 Å². The van der Waals surface area contributed by atoms with Gasteiger partial charge in [-0.2, -0.15) is 0 Å². The summed E-state index contributed by atoms with van der Waals surface area (Å²) >= 11 is 6.27. The number of hydrogen-bond donors (Lipinski definition) is 2. The predicted molar refractivity (Wildman–Crippen MR) is 76.3 cm³/mol. The second-order valence-corrected chi connectivity index (χ2v) is 5.49. The lowest BCUT2D eigenvalue weighted by atomic mass is 10.1. The fraction of sp³-hybridized carbons (Fsp3) is 0.571. The van der Waals surface area contributed by atoms with E-state index in [-0.39, 0.29) is 6.61 Å². The molecule has 1 aliphatic rings. The molecule has 0 aromatic heterocycles. The first-order valence-corrected chi connectivity index (χ1v) is 6.92. The SMILES string of the molecule is CC1CNC(CCO)CN(c2ccccc2Cl)C1. The first-order valence-electron chi connectivity index (χ1n) is 6.54. The van der Waals surface area contributed by atoms with Gasteiger partial charge in [0.15, 0.2) is 0 Å². The Kier molecular flexibility index (Phi) is 4.87. The molecule has 0 spiro atoms. The van der Waals surface area contributed by atoms with E-state index in [0.29, 0.717) is 12.0 Å². The fourth-order valence-electron chi connectivity index (χ4n) is 2.47. The predicted octanol–water partition coefficient (Wildman–Crippen LogP) is 2.14. The topological polar surface area (TPSA) is 35.5 Å². The summed E-state index contributed by atoms with van der Waals surface area (Å²) in [6.45, 7) is 5.35. The van der Waals surface area contributed by atoms with Gasteiger partial charge in [-0.1, -0.05) is 30.7 Å². The molecule has 1 saturated heterocycles. The van der Waals surface area contributed by atoms with Crippen LogP contribution < -0.4 is 10.2 Å². The molecule has 0 aliphatic carbocycles. The number of hydrogen-bond acceptors (Lipinski definition) is 3. The average molecular weight is 269 g/mol. The first-order chi connectivity index (χ1) is 8.70. The Bertz CT molecular complexity index is 386. The molecule has 0 amide bonds. The summed E-state index contributed by atoms with van der Waals surface area (Å²) in [6.07, 6.45) is 0.785. The van der Waals surface area contributed by atoms with Crippen molar-refractivity contribution in [2.75, 3.05) is 31.1 Å². The van der Waals surface area contributed by atoms with E-state index in [0.717, 1.165) is 36.8 Å². The Morgan fingerprint density at radius 2 is 2.17 bits per heavy atom. The van der Waals surface area contributed by atoms with Gasteiger partial charge in [-0.25, -0.2) is 0 Å². The summed E-state index contributed by atoms with van der Waals surface area (Å²) in [7, 11) is 0. The molecule has 4 heteroatoms. The van der Waals surface area contributed by atoms with E-state index in [4.69, 9.17) is 16.7 Å². The molecule has 18 heavy (non-hydrogen) atoms. The Balaban J connectivity index is 2.16. The maximum absolute atomic E-state index is 9.10. The molecule has 2 unspecified atom stereocenters. The number of aliphatic hydroxyl groups excluding tert-OH is 1.